The van der Waals surface area contributed by atoms with E-state index in [0.29, 0.717) is 6.07 Å². The zero-order valence-corrected chi connectivity index (χ0v) is 29.4. The van der Waals surface area contributed by atoms with Crippen LogP contribution < -0.4 is 0 Å². The number of allylic oxidation sites excluding steroid dienone is 2. The van der Waals surface area contributed by atoms with Crippen LogP contribution in [-0.4, -0.2) is 60.5 Å². The summed E-state index contributed by atoms with van der Waals surface area (Å²) in [5.74, 6) is -4.47. The van der Waals surface area contributed by atoms with Crippen molar-refractivity contribution < 1.29 is 55.4 Å². The molecule has 0 aliphatic carbocycles. The molecule has 4 aromatic rings. The normalized spacial score (nSPS) is 18.2. The molecule has 53 heavy (non-hydrogen) atoms. The predicted molar refractivity (Wildman–Crippen MR) is 183 cm³/mol. The number of nitriles is 1. The van der Waals surface area contributed by atoms with Gasteiger partial charge in [-0.05, 0) is 61.0 Å². The topological polar surface area (TPSA) is 166 Å². The first kappa shape index (κ1) is 39.5. The number of carbonyl (C=O) groups excluding carboxylic acids is 1. The minimum Gasteiger partial charge on any atom is -0.447 e. The lowest BCUT2D eigenvalue weighted by molar-refractivity contribution is -0.146. The van der Waals surface area contributed by atoms with Gasteiger partial charge in [0.15, 0.2) is 11.9 Å². The molecule has 3 aromatic carbocycles. The van der Waals surface area contributed by atoms with Crippen molar-refractivity contribution >= 4 is 31.6 Å². The summed E-state index contributed by atoms with van der Waals surface area (Å²) >= 11 is 1.21. The molecule has 2 heterocycles. The number of benzene rings is 3. The molecule has 2 N–H and O–H groups in total. The van der Waals surface area contributed by atoms with Gasteiger partial charge in [0, 0.05) is 22.4 Å². The molecule has 0 unspecified atom stereocenters. The average Bonchev–Trinajstić information content (AvgIpc) is 3.62. The molecule has 18 heteroatoms. The van der Waals surface area contributed by atoms with Crippen LogP contribution in [-0.2, 0) is 42.1 Å². The van der Waals surface area contributed by atoms with Crippen molar-refractivity contribution in [3.8, 4) is 6.07 Å². The Morgan fingerprint density at radius 2 is 1.83 bits per heavy atom. The Hall–Kier alpha value is -4.66. The second-order valence-corrected chi connectivity index (χ2v) is 14.5. The van der Waals surface area contributed by atoms with Gasteiger partial charge < -0.3 is 24.0 Å². The minimum atomic E-state index is -5.04. The van der Waals surface area contributed by atoms with Gasteiger partial charge in [0.05, 0.1) is 48.8 Å². The number of nitrogens with zero attached hydrogens (tertiary/aromatic N) is 4. The molecule has 278 valence electrons. The van der Waals surface area contributed by atoms with Crippen molar-refractivity contribution in [2.24, 2.45) is 0 Å². The summed E-state index contributed by atoms with van der Waals surface area (Å²) in [7, 11) is -5.04. The van der Waals surface area contributed by atoms with Gasteiger partial charge in [-0.15, -0.1) is 11.8 Å². The van der Waals surface area contributed by atoms with Gasteiger partial charge in [-0.25, -0.2) is 36.6 Å². The summed E-state index contributed by atoms with van der Waals surface area (Å²) in [5, 5.41) is 11.7. The maximum absolute atomic E-state index is 15.8. The number of phosphoric ester groups is 1. The number of hydrogen-bond acceptors (Lipinski definition) is 10. The van der Waals surface area contributed by atoms with Gasteiger partial charge in [-0.2, -0.15) is 10.4 Å². The van der Waals surface area contributed by atoms with Gasteiger partial charge in [0.2, 0.25) is 0 Å². The third-order valence-electron chi connectivity index (χ3n) is 7.93. The fraction of sp³-hybridized carbons (Fsp3) is 0.257. The summed E-state index contributed by atoms with van der Waals surface area (Å²) < 4.78 is 93.4. The van der Waals surface area contributed by atoms with Crippen LogP contribution in [0.5, 0.6) is 0 Å². The highest BCUT2D eigenvalue weighted by atomic mass is 32.2. The first-order valence-electron chi connectivity index (χ1n) is 15.7. The number of rotatable bonds is 14. The quantitative estimate of drug-likeness (QED) is 0.0646. The van der Waals surface area contributed by atoms with Crippen molar-refractivity contribution in [1.29, 1.82) is 5.26 Å². The number of thioether (sulfide) groups is 1. The number of hydrogen-bond donors (Lipinski definition) is 2. The third kappa shape index (κ3) is 10.5. The molecule has 0 bridgehead atoms. The highest BCUT2D eigenvalue weighted by Crippen LogP contribution is 2.43. The Bertz CT molecular complexity index is 2070. The van der Waals surface area contributed by atoms with E-state index in [2.05, 4.69) is 14.6 Å². The van der Waals surface area contributed by atoms with Crippen molar-refractivity contribution in [2.45, 2.75) is 42.5 Å². The number of ether oxygens (including phenoxy) is 3. The van der Waals surface area contributed by atoms with Crippen LogP contribution >= 0.6 is 19.6 Å². The molecule has 12 nitrogen and oxygen atoms in total. The molecule has 0 saturated carbocycles. The Labute approximate surface area is 304 Å². The summed E-state index contributed by atoms with van der Waals surface area (Å²) in [4.78, 5) is 36.3. The van der Waals surface area contributed by atoms with Crippen LogP contribution in [0.2, 0.25) is 0 Å². The van der Waals surface area contributed by atoms with E-state index in [4.69, 9.17) is 19.5 Å². The summed E-state index contributed by atoms with van der Waals surface area (Å²) in [6.45, 7) is 0.681. The molecule has 0 radical (unpaired) electrons. The number of esters is 1. The number of carbonyl (C=O) groups is 1. The first-order valence-corrected chi connectivity index (χ1v) is 18.2. The molecule has 1 aliphatic rings. The van der Waals surface area contributed by atoms with Crippen molar-refractivity contribution in [1.82, 2.24) is 14.8 Å². The minimum absolute atomic E-state index is 0.124. The molecule has 1 aliphatic heterocycles. The molecule has 0 amide bonds. The van der Waals surface area contributed by atoms with E-state index in [1.807, 2.05) is 6.07 Å². The van der Waals surface area contributed by atoms with Crippen molar-refractivity contribution in [3.05, 3.63) is 137 Å². The van der Waals surface area contributed by atoms with Gasteiger partial charge >= 0.3 is 13.8 Å². The smallest absolute Gasteiger partial charge is 0.447 e. The van der Waals surface area contributed by atoms with E-state index in [9.17, 15) is 32.3 Å². The molecule has 1 aromatic heterocycles. The van der Waals surface area contributed by atoms with Crippen LogP contribution in [0.1, 0.15) is 39.5 Å². The van der Waals surface area contributed by atoms with Gasteiger partial charge in [0.1, 0.15) is 35.9 Å². The highest BCUT2D eigenvalue weighted by Gasteiger charge is 2.47. The van der Waals surface area contributed by atoms with Gasteiger partial charge in [-0.3, -0.25) is 4.52 Å². The third-order valence-corrected chi connectivity index (χ3v) is 9.84. The second kappa shape index (κ2) is 17.4. The Morgan fingerprint density at radius 3 is 2.49 bits per heavy atom. The molecule has 1 fully saturated rings. The van der Waals surface area contributed by atoms with Crippen LogP contribution in [0.15, 0.2) is 85.5 Å². The fourth-order valence-electron chi connectivity index (χ4n) is 5.38. The Balaban J connectivity index is 1.39. The van der Waals surface area contributed by atoms with Crippen LogP contribution in [0.4, 0.5) is 17.6 Å². The maximum Gasteiger partial charge on any atom is 0.469 e. The lowest BCUT2D eigenvalue weighted by Gasteiger charge is -2.40. The van der Waals surface area contributed by atoms with Crippen LogP contribution in [0.25, 0.3) is 6.08 Å². The molecule has 1 saturated heterocycles. The lowest BCUT2D eigenvalue weighted by atomic mass is 9.89. The van der Waals surface area contributed by atoms with Crippen molar-refractivity contribution in [2.75, 3.05) is 13.2 Å². The largest absolute Gasteiger partial charge is 0.469 e. The second-order valence-electron chi connectivity index (χ2n) is 11.6. The number of aromatic nitrogens is 3. The van der Waals surface area contributed by atoms with Gasteiger partial charge in [-0.1, -0.05) is 24.3 Å². The Kier molecular flexibility index (Phi) is 13.0. The summed E-state index contributed by atoms with van der Waals surface area (Å²) in [5.41, 5.74) is -2.32. The lowest BCUT2D eigenvalue weighted by Crippen LogP contribution is -2.47. The highest BCUT2D eigenvalue weighted by molar-refractivity contribution is 8.00. The average molecular weight is 775 g/mol. The SMILES string of the molecule is C[C@@H](SC1COC(C=CC=Cc2ccc(C#N)cc2F)OC1)[C@@](Cn1cncn1)(OC(=O)c1ccc(F)cc1COP(=O)(O)O)c1ccc(F)cc1F. The molecule has 5 rings (SSSR count). The van der Waals surface area contributed by atoms with E-state index in [1.165, 1.54) is 47.3 Å². The maximum atomic E-state index is 15.8. The number of halogens is 4. The van der Waals surface area contributed by atoms with Crippen molar-refractivity contribution in [3.63, 3.8) is 0 Å². The molecular formula is C35H31F4N4O8PS. The van der Waals surface area contributed by atoms with Crippen LogP contribution in [0, 0.1) is 34.6 Å². The zero-order valence-electron chi connectivity index (χ0n) is 27.7. The van der Waals surface area contributed by atoms with E-state index in [-0.39, 0.29) is 47.6 Å². The Morgan fingerprint density at radius 1 is 1.09 bits per heavy atom. The molecule has 2 atom stereocenters. The summed E-state index contributed by atoms with van der Waals surface area (Å²) in [6.07, 6.45) is 8.03. The number of phosphoric acid groups is 1. The fourth-order valence-corrected chi connectivity index (χ4v) is 7.05. The van der Waals surface area contributed by atoms with E-state index < -0.39 is 66.1 Å². The monoisotopic (exact) mass is 774 g/mol. The molecular weight excluding hydrogens is 743 g/mol. The van der Waals surface area contributed by atoms with Crippen LogP contribution in [0.3, 0.4) is 0 Å². The zero-order chi connectivity index (χ0) is 38.2. The van der Waals surface area contributed by atoms with E-state index in [0.717, 1.165) is 36.4 Å². The standard InChI is InChI=1S/C35H31F4N4O8PS/c1-22(53-28-17-48-33(49-18-28)5-3-2-4-24-7-6-23(15-40)12-31(24)38)35(19-43-21-41-20-42-43,30-11-9-27(37)14-32(30)39)51-34(44)29-10-8-26(36)13-25(29)16-50-52(45,46)47/h2-14,20-22,28,33H,16-19H2,1H3,(H2,45,46,47)/t22-,28?,33?,35-/m1/s1. The van der Waals surface area contributed by atoms with Gasteiger partial charge in [0.25, 0.3) is 0 Å². The molecule has 0 spiro atoms. The van der Waals surface area contributed by atoms with E-state index in [1.54, 1.807) is 25.2 Å². The summed E-state index contributed by atoms with van der Waals surface area (Å²) in [6, 6.07) is 11.5. The predicted octanol–water partition coefficient (Wildman–Crippen LogP) is 6.20. The first-order chi connectivity index (χ1) is 25.3. The van der Waals surface area contributed by atoms with E-state index >= 15 is 4.39 Å².